The number of aryl methyl sites for hydroxylation is 1. The van der Waals surface area contributed by atoms with Gasteiger partial charge in [-0.25, -0.2) is 4.39 Å². The Labute approximate surface area is 123 Å². The van der Waals surface area contributed by atoms with Crippen LogP contribution in [0.5, 0.6) is 5.75 Å². The molecule has 21 heavy (non-hydrogen) atoms. The molecule has 2 rings (SSSR count). The number of halogens is 1. The largest absolute Gasteiger partial charge is 0.497 e. The number of aliphatic carboxylic acids is 1. The fourth-order valence-electron chi connectivity index (χ4n) is 2.17. The van der Waals surface area contributed by atoms with Crippen LogP contribution in [0.4, 0.5) is 4.39 Å². The van der Waals surface area contributed by atoms with Gasteiger partial charge in [-0.15, -0.1) is 0 Å². The molecule has 2 aromatic rings. The molecule has 4 heteroatoms. The van der Waals surface area contributed by atoms with Crippen molar-refractivity contribution in [2.75, 3.05) is 7.11 Å². The lowest BCUT2D eigenvalue weighted by Gasteiger charge is -2.14. The molecule has 2 aromatic carbocycles. The van der Waals surface area contributed by atoms with E-state index < -0.39 is 11.9 Å². The van der Waals surface area contributed by atoms with E-state index in [4.69, 9.17) is 4.74 Å². The zero-order chi connectivity index (χ0) is 15.4. The second kappa shape index (κ2) is 6.39. The second-order valence-electron chi connectivity index (χ2n) is 4.95. The van der Waals surface area contributed by atoms with Crippen molar-refractivity contribution in [2.45, 2.75) is 19.3 Å². The summed E-state index contributed by atoms with van der Waals surface area (Å²) < 4.78 is 18.7. The van der Waals surface area contributed by atoms with Crippen LogP contribution in [-0.2, 0) is 11.2 Å². The molecule has 0 fully saturated rings. The van der Waals surface area contributed by atoms with E-state index in [9.17, 15) is 14.3 Å². The highest BCUT2D eigenvalue weighted by atomic mass is 19.1. The van der Waals surface area contributed by atoms with Gasteiger partial charge in [-0.1, -0.05) is 24.3 Å². The van der Waals surface area contributed by atoms with Gasteiger partial charge >= 0.3 is 5.97 Å². The predicted molar refractivity (Wildman–Crippen MR) is 78.2 cm³/mol. The first-order valence-corrected chi connectivity index (χ1v) is 6.63. The van der Waals surface area contributed by atoms with Crippen LogP contribution in [0.1, 0.15) is 22.6 Å². The molecule has 0 aliphatic rings. The number of methoxy groups -OCH3 is 1. The highest BCUT2D eigenvalue weighted by molar-refractivity contribution is 5.76. The third kappa shape index (κ3) is 3.60. The number of hydrogen-bond acceptors (Lipinski definition) is 2. The van der Waals surface area contributed by atoms with Gasteiger partial charge in [-0.2, -0.15) is 0 Å². The topological polar surface area (TPSA) is 46.5 Å². The van der Waals surface area contributed by atoms with Crippen molar-refractivity contribution in [3.8, 4) is 5.75 Å². The molecule has 0 amide bonds. The van der Waals surface area contributed by atoms with E-state index in [0.29, 0.717) is 23.3 Å². The summed E-state index contributed by atoms with van der Waals surface area (Å²) >= 11 is 0. The maximum Gasteiger partial charge on any atom is 0.311 e. The standard InChI is InChI=1S/C17H17FO3/c1-11-3-6-13(10-16(11)18)15(17(19)20)9-12-4-7-14(21-2)8-5-12/h3-8,10,15H,9H2,1-2H3,(H,19,20). The zero-order valence-electron chi connectivity index (χ0n) is 12.0. The molecule has 1 unspecified atom stereocenters. The minimum atomic E-state index is -0.964. The fourth-order valence-corrected chi connectivity index (χ4v) is 2.17. The van der Waals surface area contributed by atoms with Crippen molar-refractivity contribution in [3.05, 3.63) is 65.0 Å². The predicted octanol–water partition coefficient (Wildman–Crippen LogP) is 3.55. The third-order valence-electron chi connectivity index (χ3n) is 3.50. The molecule has 0 radical (unpaired) electrons. The Bertz CT molecular complexity index is 635. The Morgan fingerprint density at radius 3 is 2.43 bits per heavy atom. The van der Waals surface area contributed by atoms with Gasteiger partial charge in [-0.05, 0) is 48.2 Å². The minimum Gasteiger partial charge on any atom is -0.497 e. The van der Waals surface area contributed by atoms with Gasteiger partial charge in [-0.3, -0.25) is 4.79 Å². The molecule has 1 N–H and O–H groups in total. The lowest BCUT2D eigenvalue weighted by Crippen LogP contribution is -2.14. The normalized spacial score (nSPS) is 12.0. The molecule has 0 aliphatic heterocycles. The molecule has 0 heterocycles. The quantitative estimate of drug-likeness (QED) is 0.915. The average molecular weight is 288 g/mol. The fraction of sp³-hybridized carbons (Fsp3) is 0.235. The summed E-state index contributed by atoms with van der Waals surface area (Å²) in [5, 5.41) is 9.40. The van der Waals surface area contributed by atoms with E-state index in [1.807, 2.05) is 12.1 Å². The number of carboxylic acids is 1. The van der Waals surface area contributed by atoms with Crippen LogP contribution < -0.4 is 4.74 Å². The molecule has 0 bridgehead atoms. The van der Waals surface area contributed by atoms with Gasteiger partial charge in [0.1, 0.15) is 11.6 Å². The zero-order valence-corrected chi connectivity index (χ0v) is 12.0. The highest BCUT2D eigenvalue weighted by Gasteiger charge is 2.21. The minimum absolute atomic E-state index is 0.307. The van der Waals surface area contributed by atoms with Crippen LogP contribution in [0.2, 0.25) is 0 Å². The molecule has 0 spiro atoms. The third-order valence-corrected chi connectivity index (χ3v) is 3.50. The van der Waals surface area contributed by atoms with Crippen molar-refractivity contribution < 1.29 is 19.0 Å². The summed E-state index contributed by atoms with van der Waals surface area (Å²) in [6.45, 7) is 1.65. The number of benzene rings is 2. The summed E-state index contributed by atoms with van der Waals surface area (Å²) in [6.07, 6.45) is 0.307. The molecule has 110 valence electrons. The van der Waals surface area contributed by atoms with Gasteiger partial charge < -0.3 is 9.84 Å². The molecule has 0 saturated carbocycles. The van der Waals surface area contributed by atoms with Gasteiger partial charge in [0.05, 0.1) is 13.0 Å². The second-order valence-corrected chi connectivity index (χ2v) is 4.95. The maximum absolute atomic E-state index is 13.6. The van der Waals surface area contributed by atoms with Crippen LogP contribution >= 0.6 is 0 Å². The Hall–Kier alpha value is -2.36. The number of ether oxygens (including phenoxy) is 1. The SMILES string of the molecule is COc1ccc(CC(C(=O)O)c2ccc(C)c(F)c2)cc1. The number of carboxylic acid groups (broad SMARTS) is 1. The number of hydrogen-bond donors (Lipinski definition) is 1. The Morgan fingerprint density at radius 2 is 1.90 bits per heavy atom. The van der Waals surface area contributed by atoms with E-state index in [-0.39, 0.29) is 5.82 Å². The van der Waals surface area contributed by atoms with Crippen molar-refractivity contribution in [1.29, 1.82) is 0 Å². The van der Waals surface area contributed by atoms with Gasteiger partial charge in [0.25, 0.3) is 0 Å². The molecule has 0 saturated heterocycles. The Morgan fingerprint density at radius 1 is 1.24 bits per heavy atom. The van der Waals surface area contributed by atoms with Crippen LogP contribution in [0, 0.1) is 12.7 Å². The Kier molecular flexibility index (Phi) is 4.58. The molecular weight excluding hydrogens is 271 g/mol. The van der Waals surface area contributed by atoms with E-state index in [0.717, 1.165) is 5.56 Å². The molecule has 3 nitrogen and oxygen atoms in total. The van der Waals surface area contributed by atoms with Crippen molar-refractivity contribution in [3.63, 3.8) is 0 Å². The first-order valence-electron chi connectivity index (χ1n) is 6.63. The molecule has 1 atom stereocenters. The van der Waals surface area contributed by atoms with Gasteiger partial charge in [0.2, 0.25) is 0 Å². The monoisotopic (exact) mass is 288 g/mol. The lowest BCUT2D eigenvalue weighted by atomic mass is 9.91. The van der Waals surface area contributed by atoms with Crippen molar-refractivity contribution >= 4 is 5.97 Å². The number of carbonyl (C=O) groups is 1. The van der Waals surface area contributed by atoms with Crippen molar-refractivity contribution in [2.24, 2.45) is 0 Å². The first kappa shape index (κ1) is 15.0. The van der Waals surface area contributed by atoms with Crippen LogP contribution in [0.15, 0.2) is 42.5 Å². The van der Waals surface area contributed by atoms with Gasteiger partial charge in [0.15, 0.2) is 0 Å². The Balaban J connectivity index is 2.26. The summed E-state index contributed by atoms with van der Waals surface area (Å²) in [5.41, 5.74) is 1.85. The summed E-state index contributed by atoms with van der Waals surface area (Å²) in [5.74, 6) is -1.40. The molecule has 0 aromatic heterocycles. The van der Waals surface area contributed by atoms with Crippen LogP contribution in [0.25, 0.3) is 0 Å². The molecular formula is C17H17FO3. The van der Waals surface area contributed by atoms with E-state index in [1.165, 1.54) is 6.07 Å². The molecule has 0 aliphatic carbocycles. The van der Waals surface area contributed by atoms with Crippen molar-refractivity contribution in [1.82, 2.24) is 0 Å². The highest BCUT2D eigenvalue weighted by Crippen LogP contribution is 2.24. The van der Waals surface area contributed by atoms with E-state index in [2.05, 4.69) is 0 Å². The van der Waals surface area contributed by atoms with E-state index >= 15 is 0 Å². The van der Waals surface area contributed by atoms with E-state index in [1.54, 1.807) is 38.3 Å². The van der Waals surface area contributed by atoms with Crippen LogP contribution in [-0.4, -0.2) is 18.2 Å². The maximum atomic E-state index is 13.6. The summed E-state index contributed by atoms with van der Waals surface area (Å²) in [6, 6.07) is 11.8. The number of rotatable bonds is 5. The summed E-state index contributed by atoms with van der Waals surface area (Å²) in [7, 11) is 1.57. The lowest BCUT2D eigenvalue weighted by molar-refractivity contribution is -0.138. The first-order chi connectivity index (χ1) is 10.0. The smallest absolute Gasteiger partial charge is 0.311 e. The average Bonchev–Trinajstić information content (AvgIpc) is 2.48. The van der Waals surface area contributed by atoms with Crippen LogP contribution in [0.3, 0.4) is 0 Å². The summed E-state index contributed by atoms with van der Waals surface area (Å²) in [4.78, 5) is 11.5. The van der Waals surface area contributed by atoms with Gasteiger partial charge in [0, 0.05) is 0 Å².